The molecule has 1 aromatic heterocycles. The predicted octanol–water partition coefficient (Wildman–Crippen LogP) is 1.61. The molecule has 3 nitrogen and oxygen atoms in total. The van der Waals surface area contributed by atoms with Crippen molar-refractivity contribution in [1.29, 1.82) is 5.26 Å². The highest BCUT2D eigenvalue weighted by Gasteiger charge is 1.89. The van der Waals surface area contributed by atoms with E-state index >= 15 is 0 Å². The summed E-state index contributed by atoms with van der Waals surface area (Å²) in [6.45, 7) is 0.643. The van der Waals surface area contributed by atoms with Crippen LogP contribution in [-0.2, 0) is 0 Å². The summed E-state index contributed by atoms with van der Waals surface area (Å²) in [4.78, 5) is 0. The monoisotopic (exact) mass is 136 g/mol. The molecule has 0 aromatic carbocycles. The number of hydrogen-bond donors (Lipinski definition) is 1. The lowest BCUT2D eigenvalue weighted by molar-refractivity contribution is 0.579. The fourth-order valence-corrected chi connectivity index (χ4v) is 0.621. The molecule has 0 radical (unpaired) electrons. The second kappa shape index (κ2) is 3.57. The van der Waals surface area contributed by atoms with Gasteiger partial charge in [0.05, 0.1) is 18.8 Å². The molecule has 0 saturated carbocycles. The van der Waals surface area contributed by atoms with E-state index in [2.05, 4.69) is 5.32 Å². The Kier molecular flexibility index (Phi) is 2.39. The van der Waals surface area contributed by atoms with Crippen LogP contribution in [0.2, 0.25) is 0 Å². The van der Waals surface area contributed by atoms with Gasteiger partial charge in [-0.15, -0.1) is 0 Å². The summed E-state index contributed by atoms with van der Waals surface area (Å²) < 4.78 is 4.96. The van der Waals surface area contributed by atoms with Crippen LogP contribution in [0.3, 0.4) is 0 Å². The molecule has 0 amide bonds. The largest absolute Gasteiger partial charge is 0.449 e. The standard InChI is InChI=1S/C7H8N2O/c8-4-2-5-9-7-3-1-6-10-7/h1,3,6,9H,2,5H2. The Morgan fingerprint density at radius 3 is 3.20 bits per heavy atom. The normalized spacial score (nSPS) is 8.70. The van der Waals surface area contributed by atoms with Gasteiger partial charge in [0, 0.05) is 12.6 Å². The van der Waals surface area contributed by atoms with Gasteiger partial charge in [-0.3, -0.25) is 0 Å². The maximum atomic E-state index is 8.17. The van der Waals surface area contributed by atoms with E-state index in [0.717, 1.165) is 5.88 Å². The van der Waals surface area contributed by atoms with E-state index in [4.69, 9.17) is 9.68 Å². The molecule has 0 saturated heterocycles. The number of nitriles is 1. The van der Waals surface area contributed by atoms with Crippen LogP contribution < -0.4 is 5.32 Å². The van der Waals surface area contributed by atoms with Gasteiger partial charge in [0.2, 0.25) is 0 Å². The summed E-state index contributed by atoms with van der Waals surface area (Å²) in [5.74, 6) is 0.718. The van der Waals surface area contributed by atoms with Crippen molar-refractivity contribution >= 4 is 5.88 Å². The van der Waals surface area contributed by atoms with Crippen LogP contribution in [0.25, 0.3) is 0 Å². The van der Waals surface area contributed by atoms with Crippen LogP contribution in [0.15, 0.2) is 22.8 Å². The summed E-state index contributed by atoms with van der Waals surface area (Å²) in [7, 11) is 0. The average Bonchev–Trinajstić information content (AvgIpc) is 2.41. The third-order valence-electron chi connectivity index (χ3n) is 1.06. The van der Waals surface area contributed by atoms with Gasteiger partial charge in [-0.05, 0) is 6.07 Å². The van der Waals surface area contributed by atoms with Crippen molar-refractivity contribution in [2.45, 2.75) is 6.42 Å². The van der Waals surface area contributed by atoms with E-state index < -0.39 is 0 Å². The number of nitrogens with zero attached hydrogens (tertiary/aromatic N) is 1. The fourth-order valence-electron chi connectivity index (χ4n) is 0.621. The van der Waals surface area contributed by atoms with Crippen molar-refractivity contribution in [3.8, 4) is 6.07 Å². The van der Waals surface area contributed by atoms with Crippen molar-refractivity contribution in [3.05, 3.63) is 18.4 Å². The van der Waals surface area contributed by atoms with Gasteiger partial charge in [-0.1, -0.05) is 0 Å². The number of furan rings is 1. The molecule has 1 rings (SSSR count). The maximum absolute atomic E-state index is 8.17. The number of nitrogens with one attached hydrogen (secondary N) is 1. The highest BCUT2D eigenvalue weighted by molar-refractivity contribution is 5.29. The Morgan fingerprint density at radius 1 is 1.70 bits per heavy atom. The Labute approximate surface area is 59.3 Å². The average molecular weight is 136 g/mol. The second-order valence-electron chi connectivity index (χ2n) is 1.81. The van der Waals surface area contributed by atoms with Crippen molar-refractivity contribution in [2.24, 2.45) is 0 Å². The molecule has 0 aliphatic rings. The van der Waals surface area contributed by atoms with E-state index in [1.54, 1.807) is 12.3 Å². The molecule has 10 heavy (non-hydrogen) atoms. The Bertz CT molecular complexity index is 210. The number of rotatable bonds is 3. The Hall–Kier alpha value is -1.43. The number of hydrogen-bond acceptors (Lipinski definition) is 3. The summed E-state index contributed by atoms with van der Waals surface area (Å²) in [6, 6.07) is 5.64. The first-order valence-electron chi connectivity index (χ1n) is 3.08. The topological polar surface area (TPSA) is 49.0 Å². The quantitative estimate of drug-likeness (QED) is 0.642. The minimum atomic E-state index is 0.501. The zero-order valence-corrected chi connectivity index (χ0v) is 5.50. The Balaban J connectivity index is 2.23. The summed E-state index contributed by atoms with van der Waals surface area (Å²) in [5, 5.41) is 11.1. The summed E-state index contributed by atoms with van der Waals surface area (Å²) in [5.41, 5.74) is 0. The van der Waals surface area contributed by atoms with Crippen molar-refractivity contribution in [2.75, 3.05) is 11.9 Å². The van der Waals surface area contributed by atoms with Gasteiger partial charge in [-0.2, -0.15) is 5.26 Å². The van der Waals surface area contributed by atoms with Gasteiger partial charge in [-0.25, -0.2) is 0 Å². The molecule has 0 atom stereocenters. The highest BCUT2D eigenvalue weighted by atomic mass is 16.3. The smallest absolute Gasteiger partial charge is 0.192 e. The lowest BCUT2D eigenvalue weighted by atomic mass is 10.4. The lowest BCUT2D eigenvalue weighted by Gasteiger charge is -1.95. The van der Waals surface area contributed by atoms with E-state index in [-0.39, 0.29) is 0 Å². The van der Waals surface area contributed by atoms with Crippen LogP contribution >= 0.6 is 0 Å². The molecule has 1 heterocycles. The van der Waals surface area contributed by atoms with Gasteiger partial charge in [0.15, 0.2) is 5.88 Å². The minimum absolute atomic E-state index is 0.501. The molecular weight excluding hydrogens is 128 g/mol. The first-order valence-corrected chi connectivity index (χ1v) is 3.08. The minimum Gasteiger partial charge on any atom is -0.449 e. The van der Waals surface area contributed by atoms with Crippen LogP contribution in [0.5, 0.6) is 0 Å². The molecule has 0 unspecified atom stereocenters. The molecule has 0 aliphatic heterocycles. The second-order valence-corrected chi connectivity index (χ2v) is 1.81. The van der Waals surface area contributed by atoms with E-state index in [1.807, 2.05) is 12.1 Å². The number of anilines is 1. The molecular formula is C7H8N2O. The molecule has 1 aromatic rings. The third-order valence-corrected chi connectivity index (χ3v) is 1.06. The predicted molar refractivity (Wildman–Crippen MR) is 37.4 cm³/mol. The molecule has 0 spiro atoms. The zero-order chi connectivity index (χ0) is 7.23. The van der Waals surface area contributed by atoms with Gasteiger partial charge in [0.25, 0.3) is 0 Å². The van der Waals surface area contributed by atoms with Crippen molar-refractivity contribution in [1.82, 2.24) is 0 Å². The first kappa shape index (κ1) is 6.69. The molecule has 1 N–H and O–H groups in total. The fraction of sp³-hybridized carbons (Fsp3) is 0.286. The van der Waals surface area contributed by atoms with E-state index in [0.29, 0.717) is 13.0 Å². The summed E-state index contributed by atoms with van der Waals surface area (Å²) in [6.07, 6.45) is 2.09. The van der Waals surface area contributed by atoms with Crippen molar-refractivity contribution < 1.29 is 4.42 Å². The zero-order valence-electron chi connectivity index (χ0n) is 5.50. The molecule has 0 fully saturated rings. The van der Waals surface area contributed by atoms with Crippen LogP contribution in [0.4, 0.5) is 5.88 Å². The van der Waals surface area contributed by atoms with Crippen LogP contribution in [-0.4, -0.2) is 6.54 Å². The lowest BCUT2D eigenvalue weighted by Crippen LogP contribution is -1.97. The molecule has 0 aliphatic carbocycles. The van der Waals surface area contributed by atoms with E-state index in [9.17, 15) is 0 Å². The molecule has 52 valence electrons. The third kappa shape index (κ3) is 1.82. The van der Waals surface area contributed by atoms with Crippen LogP contribution in [0.1, 0.15) is 6.42 Å². The Morgan fingerprint density at radius 2 is 2.60 bits per heavy atom. The van der Waals surface area contributed by atoms with Crippen molar-refractivity contribution in [3.63, 3.8) is 0 Å². The highest BCUT2D eigenvalue weighted by Crippen LogP contribution is 2.05. The molecule has 0 bridgehead atoms. The first-order chi connectivity index (χ1) is 4.93. The summed E-state index contributed by atoms with van der Waals surface area (Å²) >= 11 is 0. The van der Waals surface area contributed by atoms with Gasteiger partial charge >= 0.3 is 0 Å². The van der Waals surface area contributed by atoms with Gasteiger partial charge in [0.1, 0.15) is 0 Å². The molecule has 3 heteroatoms. The maximum Gasteiger partial charge on any atom is 0.192 e. The SMILES string of the molecule is N#CCCNc1ccco1. The van der Waals surface area contributed by atoms with E-state index in [1.165, 1.54) is 0 Å². The van der Waals surface area contributed by atoms with Gasteiger partial charge < -0.3 is 9.73 Å². The van der Waals surface area contributed by atoms with Crippen LogP contribution in [0, 0.1) is 11.3 Å².